The van der Waals surface area contributed by atoms with Gasteiger partial charge in [-0.05, 0) is 0 Å². The zero-order valence-corrected chi connectivity index (χ0v) is 7.33. The van der Waals surface area contributed by atoms with Crippen LogP contribution >= 0.6 is 0 Å². The van der Waals surface area contributed by atoms with Crippen molar-refractivity contribution in [1.29, 1.82) is 0 Å². The quantitative estimate of drug-likeness (QED) is 0.641. The lowest BCUT2D eigenvalue weighted by Crippen LogP contribution is -2.13. The van der Waals surface area contributed by atoms with Gasteiger partial charge in [-0.1, -0.05) is 0 Å². The number of rotatable bonds is 1. The number of aromatic nitrogens is 2. The van der Waals surface area contributed by atoms with Crippen LogP contribution in [0.15, 0.2) is 6.20 Å². The minimum atomic E-state index is 0.789. The predicted octanol–water partition coefficient (Wildman–Crippen LogP) is 0.146. The maximum absolute atomic E-state index is 4.41. The topological polar surface area (TPSA) is 41.1 Å². The molecule has 1 aliphatic heterocycles. The molecule has 0 aromatic carbocycles. The van der Waals surface area contributed by atoms with E-state index in [4.69, 9.17) is 0 Å². The first kappa shape index (κ1) is 7.49. The molecule has 1 N–H and O–H groups in total. The van der Waals surface area contributed by atoms with Crippen molar-refractivity contribution in [2.24, 2.45) is 0 Å². The smallest absolute Gasteiger partial charge is 0.225 e. The molecule has 0 unspecified atom stereocenters. The Morgan fingerprint density at radius 2 is 2.25 bits per heavy atom. The number of hydrogen-bond donors (Lipinski definition) is 1. The summed E-state index contributed by atoms with van der Waals surface area (Å²) in [6, 6.07) is 0. The first-order valence-corrected chi connectivity index (χ1v) is 4.00. The van der Waals surface area contributed by atoms with Gasteiger partial charge in [0.1, 0.15) is 0 Å². The third-order valence-electron chi connectivity index (χ3n) is 1.95. The second-order valence-corrected chi connectivity index (χ2v) is 3.14. The van der Waals surface area contributed by atoms with Crippen LogP contribution in [0.2, 0.25) is 0 Å². The molecule has 0 aliphatic carbocycles. The fourth-order valence-corrected chi connectivity index (χ4v) is 1.26. The Hall–Kier alpha value is -1.16. The van der Waals surface area contributed by atoms with E-state index < -0.39 is 0 Å². The minimum Gasteiger partial charge on any atom is -0.347 e. The van der Waals surface area contributed by atoms with Gasteiger partial charge in [-0.25, -0.2) is 9.97 Å². The lowest BCUT2D eigenvalue weighted by molar-refractivity contribution is 0.757. The highest BCUT2D eigenvalue weighted by Crippen LogP contribution is 2.13. The summed E-state index contributed by atoms with van der Waals surface area (Å²) in [5.74, 6) is 0.789. The van der Waals surface area contributed by atoms with E-state index in [-0.39, 0.29) is 0 Å². The second-order valence-electron chi connectivity index (χ2n) is 3.14. The first-order valence-electron chi connectivity index (χ1n) is 4.00. The molecule has 1 aromatic heterocycles. The number of hydrogen-bond acceptors (Lipinski definition) is 4. The fraction of sp³-hybridized carbons (Fsp3) is 0.500. The van der Waals surface area contributed by atoms with Crippen LogP contribution in [0, 0.1) is 0 Å². The summed E-state index contributed by atoms with van der Waals surface area (Å²) in [5, 5.41) is 3.23. The van der Waals surface area contributed by atoms with E-state index in [1.165, 1.54) is 5.56 Å². The molecular weight excluding hydrogens is 152 g/mol. The molecule has 0 bridgehead atoms. The SMILES string of the molecule is CN(C)c1ncc2c(n1)CNC2. The molecule has 0 fully saturated rings. The highest BCUT2D eigenvalue weighted by Gasteiger charge is 2.12. The molecule has 4 heteroatoms. The van der Waals surface area contributed by atoms with Gasteiger partial charge < -0.3 is 10.2 Å². The van der Waals surface area contributed by atoms with Gasteiger partial charge in [-0.15, -0.1) is 0 Å². The molecule has 0 saturated carbocycles. The summed E-state index contributed by atoms with van der Waals surface area (Å²) in [4.78, 5) is 10.5. The molecule has 2 rings (SSSR count). The van der Waals surface area contributed by atoms with Crippen LogP contribution in [0.25, 0.3) is 0 Å². The Labute approximate surface area is 71.6 Å². The Kier molecular flexibility index (Phi) is 1.69. The van der Waals surface area contributed by atoms with Crippen molar-refractivity contribution >= 4 is 5.95 Å². The molecule has 1 aromatic rings. The highest BCUT2D eigenvalue weighted by atomic mass is 15.2. The van der Waals surface area contributed by atoms with E-state index in [0.29, 0.717) is 0 Å². The number of fused-ring (bicyclic) bond motifs is 1. The van der Waals surface area contributed by atoms with Crippen LogP contribution < -0.4 is 10.2 Å². The van der Waals surface area contributed by atoms with Crippen molar-refractivity contribution in [1.82, 2.24) is 15.3 Å². The average molecular weight is 164 g/mol. The normalized spacial score (nSPS) is 14.5. The van der Waals surface area contributed by atoms with Gasteiger partial charge in [0.2, 0.25) is 5.95 Å². The van der Waals surface area contributed by atoms with Crippen molar-refractivity contribution in [2.75, 3.05) is 19.0 Å². The summed E-state index contributed by atoms with van der Waals surface area (Å²) >= 11 is 0. The molecule has 0 amide bonds. The largest absolute Gasteiger partial charge is 0.347 e. The maximum atomic E-state index is 4.41. The lowest BCUT2D eigenvalue weighted by atomic mass is 10.3. The zero-order chi connectivity index (χ0) is 8.55. The molecule has 12 heavy (non-hydrogen) atoms. The monoisotopic (exact) mass is 164 g/mol. The first-order chi connectivity index (χ1) is 5.77. The van der Waals surface area contributed by atoms with Gasteiger partial charge in [-0.2, -0.15) is 0 Å². The molecule has 4 nitrogen and oxygen atoms in total. The molecule has 0 radical (unpaired) electrons. The predicted molar refractivity (Wildman–Crippen MR) is 46.9 cm³/mol. The van der Waals surface area contributed by atoms with Crippen LogP contribution in [0.5, 0.6) is 0 Å². The van der Waals surface area contributed by atoms with E-state index in [9.17, 15) is 0 Å². The van der Waals surface area contributed by atoms with Gasteiger partial charge >= 0.3 is 0 Å². The molecule has 2 heterocycles. The van der Waals surface area contributed by atoms with E-state index in [1.54, 1.807) is 0 Å². The van der Waals surface area contributed by atoms with Crippen LogP contribution in [0.1, 0.15) is 11.3 Å². The van der Waals surface area contributed by atoms with Crippen molar-refractivity contribution in [3.8, 4) is 0 Å². The van der Waals surface area contributed by atoms with Gasteiger partial charge in [0.25, 0.3) is 0 Å². The Balaban J connectivity index is 2.39. The van der Waals surface area contributed by atoms with Crippen molar-refractivity contribution < 1.29 is 0 Å². The minimum absolute atomic E-state index is 0.789. The molecule has 0 saturated heterocycles. The number of anilines is 1. The third kappa shape index (κ3) is 1.14. The molecular formula is C8H12N4. The van der Waals surface area contributed by atoms with Gasteiger partial charge in [-0.3, -0.25) is 0 Å². The lowest BCUT2D eigenvalue weighted by Gasteiger charge is -2.09. The summed E-state index contributed by atoms with van der Waals surface area (Å²) in [6.45, 7) is 1.78. The maximum Gasteiger partial charge on any atom is 0.225 e. The van der Waals surface area contributed by atoms with Gasteiger partial charge in [0.05, 0.1) is 5.69 Å². The van der Waals surface area contributed by atoms with Crippen LogP contribution in [0.3, 0.4) is 0 Å². The van der Waals surface area contributed by atoms with Crippen molar-refractivity contribution in [3.05, 3.63) is 17.5 Å². The summed E-state index contributed by atoms with van der Waals surface area (Å²) in [6.07, 6.45) is 1.90. The van der Waals surface area contributed by atoms with E-state index in [1.807, 2.05) is 25.2 Å². The molecule has 0 atom stereocenters. The van der Waals surface area contributed by atoms with E-state index in [2.05, 4.69) is 15.3 Å². The Morgan fingerprint density at radius 3 is 3.00 bits per heavy atom. The van der Waals surface area contributed by atoms with E-state index >= 15 is 0 Å². The average Bonchev–Trinajstić information content (AvgIpc) is 2.49. The molecule has 0 spiro atoms. The standard InChI is InChI=1S/C8H12N4/c1-12(2)8-10-4-6-3-9-5-7(6)11-8/h4,9H,3,5H2,1-2H3. The molecule has 64 valence electrons. The second kappa shape index (κ2) is 2.71. The number of nitrogens with one attached hydrogen (secondary N) is 1. The van der Waals surface area contributed by atoms with Gasteiger partial charge in [0.15, 0.2) is 0 Å². The summed E-state index contributed by atoms with van der Waals surface area (Å²) < 4.78 is 0. The van der Waals surface area contributed by atoms with Crippen LogP contribution in [-0.2, 0) is 13.1 Å². The summed E-state index contributed by atoms with van der Waals surface area (Å²) in [5.41, 5.74) is 2.36. The van der Waals surface area contributed by atoms with Crippen molar-refractivity contribution in [2.45, 2.75) is 13.1 Å². The third-order valence-corrected chi connectivity index (χ3v) is 1.95. The van der Waals surface area contributed by atoms with Crippen LogP contribution in [0.4, 0.5) is 5.95 Å². The van der Waals surface area contributed by atoms with Crippen molar-refractivity contribution in [3.63, 3.8) is 0 Å². The highest BCUT2D eigenvalue weighted by molar-refractivity contribution is 5.32. The Morgan fingerprint density at radius 1 is 1.42 bits per heavy atom. The zero-order valence-electron chi connectivity index (χ0n) is 7.33. The van der Waals surface area contributed by atoms with E-state index in [0.717, 1.165) is 24.7 Å². The summed E-state index contributed by atoms with van der Waals surface area (Å²) in [7, 11) is 3.90. The molecule has 1 aliphatic rings. The Bertz CT molecular complexity index is 295. The fourth-order valence-electron chi connectivity index (χ4n) is 1.26. The van der Waals surface area contributed by atoms with Gasteiger partial charge in [0, 0.05) is 38.9 Å². The number of nitrogens with zero attached hydrogens (tertiary/aromatic N) is 3. The van der Waals surface area contributed by atoms with Crippen LogP contribution in [-0.4, -0.2) is 24.1 Å².